The van der Waals surface area contributed by atoms with Crippen LogP contribution in [-0.2, 0) is 0 Å². The minimum absolute atomic E-state index is 0.0303. The van der Waals surface area contributed by atoms with Crippen LogP contribution in [-0.4, -0.2) is 33.3 Å². The minimum atomic E-state index is -0.364. The Morgan fingerprint density at radius 3 is 2.76 bits per heavy atom. The van der Waals surface area contributed by atoms with E-state index in [0.29, 0.717) is 18.1 Å². The molecule has 0 spiro atoms. The van der Waals surface area contributed by atoms with Crippen molar-refractivity contribution < 1.29 is 9.18 Å². The van der Waals surface area contributed by atoms with Gasteiger partial charge >= 0.3 is 0 Å². The largest absolute Gasteiger partial charge is 0.345 e. The summed E-state index contributed by atoms with van der Waals surface area (Å²) >= 11 is 0. The fraction of sp³-hybridized carbons (Fsp3) is 0.500. The van der Waals surface area contributed by atoms with Crippen LogP contribution in [0.4, 0.5) is 4.39 Å². The summed E-state index contributed by atoms with van der Waals surface area (Å²) in [6.07, 6.45) is 2.85. The Labute approximate surface area is 147 Å². The van der Waals surface area contributed by atoms with Crippen molar-refractivity contribution in [1.29, 1.82) is 0 Å². The summed E-state index contributed by atoms with van der Waals surface area (Å²) in [5, 5.41) is 7.18. The number of carbonyl (C=O) groups excluding carboxylic acids is 1. The molecule has 0 fully saturated rings. The standard InChI is InChI=1S/C18H26FN5O/c1-4-5-8-14(11-20)21-18(25)16-22-17(12(2)3)24(23-16)15-9-6-7-13(19)10-15/h6-7,9-10,12,14H,4-5,8,11,20H2,1-3H3,(H,21,25). The molecule has 2 aromatic rings. The van der Waals surface area contributed by atoms with Gasteiger partial charge in [-0.2, -0.15) is 0 Å². The number of nitrogens with zero attached hydrogens (tertiary/aromatic N) is 3. The minimum Gasteiger partial charge on any atom is -0.345 e. The molecule has 25 heavy (non-hydrogen) atoms. The van der Waals surface area contributed by atoms with E-state index in [1.165, 1.54) is 16.8 Å². The lowest BCUT2D eigenvalue weighted by atomic mass is 10.1. The van der Waals surface area contributed by atoms with Gasteiger partial charge in [-0.25, -0.2) is 14.1 Å². The highest BCUT2D eigenvalue weighted by atomic mass is 19.1. The monoisotopic (exact) mass is 347 g/mol. The quantitative estimate of drug-likeness (QED) is 0.769. The van der Waals surface area contributed by atoms with Gasteiger partial charge in [0, 0.05) is 18.5 Å². The van der Waals surface area contributed by atoms with Crippen molar-refractivity contribution >= 4 is 5.91 Å². The normalized spacial score (nSPS) is 12.4. The van der Waals surface area contributed by atoms with Crippen LogP contribution in [0.5, 0.6) is 0 Å². The van der Waals surface area contributed by atoms with Gasteiger partial charge in [-0.3, -0.25) is 4.79 Å². The van der Waals surface area contributed by atoms with Gasteiger partial charge in [0.2, 0.25) is 5.82 Å². The van der Waals surface area contributed by atoms with Gasteiger partial charge in [0.1, 0.15) is 11.6 Å². The van der Waals surface area contributed by atoms with Gasteiger partial charge in [0.15, 0.2) is 0 Å². The average molecular weight is 347 g/mol. The molecule has 0 aliphatic rings. The maximum Gasteiger partial charge on any atom is 0.291 e. The van der Waals surface area contributed by atoms with E-state index in [0.717, 1.165) is 19.3 Å². The zero-order valence-electron chi connectivity index (χ0n) is 15.0. The number of carbonyl (C=O) groups is 1. The third kappa shape index (κ3) is 4.85. The zero-order chi connectivity index (χ0) is 18.4. The summed E-state index contributed by atoms with van der Waals surface area (Å²) < 4.78 is 15.1. The number of amides is 1. The number of halogens is 1. The zero-order valence-corrected chi connectivity index (χ0v) is 15.0. The Balaban J connectivity index is 2.27. The summed E-state index contributed by atoms with van der Waals surface area (Å²) in [4.78, 5) is 16.8. The van der Waals surface area contributed by atoms with Crippen molar-refractivity contribution in [3.05, 3.63) is 41.7 Å². The number of benzene rings is 1. The van der Waals surface area contributed by atoms with Gasteiger partial charge in [0.25, 0.3) is 5.91 Å². The highest BCUT2D eigenvalue weighted by molar-refractivity contribution is 5.90. The van der Waals surface area contributed by atoms with E-state index >= 15 is 0 Å². The van der Waals surface area contributed by atoms with E-state index in [2.05, 4.69) is 22.3 Å². The molecule has 1 aromatic heterocycles. The van der Waals surface area contributed by atoms with E-state index in [-0.39, 0.29) is 29.5 Å². The molecular weight excluding hydrogens is 321 g/mol. The highest BCUT2D eigenvalue weighted by Crippen LogP contribution is 2.18. The summed E-state index contributed by atoms with van der Waals surface area (Å²) in [6.45, 7) is 6.36. The Bertz CT molecular complexity index is 713. The SMILES string of the molecule is CCCCC(CN)NC(=O)c1nc(C(C)C)n(-c2cccc(F)c2)n1. The molecule has 2 rings (SSSR count). The number of hydrogen-bond acceptors (Lipinski definition) is 4. The molecular formula is C18H26FN5O. The molecule has 0 bridgehead atoms. The summed E-state index contributed by atoms with van der Waals surface area (Å²) in [5.74, 6) is -0.0145. The van der Waals surface area contributed by atoms with E-state index in [4.69, 9.17) is 5.73 Å². The third-order valence-electron chi connectivity index (χ3n) is 3.93. The predicted molar refractivity (Wildman–Crippen MR) is 95.2 cm³/mol. The van der Waals surface area contributed by atoms with Crippen LogP contribution < -0.4 is 11.1 Å². The molecule has 0 aliphatic heterocycles. The first-order chi connectivity index (χ1) is 12.0. The molecule has 136 valence electrons. The van der Waals surface area contributed by atoms with Gasteiger partial charge < -0.3 is 11.1 Å². The molecule has 1 heterocycles. The van der Waals surface area contributed by atoms with E-state index in [1.807, 2.05) is 13.8 Å². The second-order valence-electron chi connectivity index (χ2n) is 6.39. The van der Waals surface area contributed by atoms with Crippen LogP contribution >= 0.6 is 0 Å². The number of rotatable bonds is 8. The molecule has 3 N–H and O–H groups in total. The van der Waals surface area contributed by atoms with Gasteiger partial charge in [-0.15, -0.1) is 5.10 Å². The van der Waals surface area contributed by atoms with Crippen LogP contribution in [0.15, 0.2) is 24.3 Å². The van der Waals surface area contributed by atoms with Crippen molar-refractivity contribution in [3.63, 3.8) is 0 Å². The number of aromatic nitrogens is 3. The molecule has 1 amide bonds. The van der Waals surface area contributed by atoms with Crippen LogP contribution in [0.1, 0.15) is 62.4 Å². The lowest BCUT2D eigenvalue weighted by Crippen LogP contribution is -2.40. The molecule has 0 saturated heterocycles. The molecule has 1 aromatic carbocycles. The number of nitrogens with two attached hydrogens (primary N) is 1. The highest BCUT2D eigenvalue weighted by Gasteiger charge is 2.21. The van der Waals surface area contributed by atoms with Crippen LogP contribution in [0.3, 0.4) is 0 Å². The molecule has 1 unspecified atom stereocenters. The topological polar surface area (TPSA) is 85.8 Å². The Kier molecular flexibility index (Phi) is 6.64. The summed E-state index contributed by atoms with van der Waals surface area (Å²) in [6, 6.07) is 5.96. The first-order valence-electron chi connectivity index (χ1n) is 8.70. The smallest absolute Gasteiger partial charge is 0.291 e. The Morgan fingerprint density at radius 2 is 2.16 bits per heavy atom. The second-order valence-corrected chi connectivity index (χ2v) is 6.39. The van der Waals surface area contributed by atoms with E-state index in [9.17, 15) is 9.18 Å². The van der Waals surface area contributed by atoms with Crippen molar-refractivity contribution in [1.82, 2.24) is 20.1 Å². The molecule has 6 nitrogen and oxygen atoms in total. The second kappa shape index (κ2) is 8.71. The third-order valence-corrected chi connectivity index (χ3v) is 3.93. The van der Waals surface area contributed by atoms with Crippen LogP contribution in [0.25, 0.3) is 5.69 Å². The summed E-state index contributed by atoms with van der Waals surface area (Å²) in [5.41, 5.74) is 6.27. The van der Waals surface area contributed by atoms with Crippen molar-refractivity contribution in [2.24, 2.45) is 5.73 Å². The first kappa shape index (κ1) is 19.1. The van der Waals surface area contributed by atoms with Gasteiger partial charge in [-0.05, 0) is 24.6 Å². The average Bonchev–Trinajstić information content (AvgIpc) is 3.04. The molecule has 0 radical (unpaired) electrons. The van der Waals surface area contributed by atoms with Crippen molar-refractivity contribution in [2.45, 2.75) is 52.0 Å². The fourth-order valence-corrected chi connectivity index (χ4v) is 2.54. The van der Waals surface area contributed by atoms with Crippen molar-refractivity contribution in [2.75, 3.05) is 6.54 Å². The van der Waals surface area contributed by atoms with Gasteiger partial charge in [0.05, 0.1) is 5.69 Å². The number of unbranched alkanes of at least 4 members (excludes halogenated alkanes) is 1. The van der Waals surface area contributed by atoms with Crippen LogP contribution in [0.2, 0.25) is 0 Å². The Hall–Kier alpha value is -2.28. The van der Waals surface area contributed by atoms with Gasteiger partial charge in [-0.1, -0.05) is 39.7 Å². The van der Waals surface area contributed by atoms with E-state index < -0.39 is 0 Å². The number of nitrogens with one attached hydrogen (secondary N) is 1. The fourth-order valence-electron chi connectivity index (χ4n) is 2.54. The predicted octanol–water partition coefficient (Wildman–Crippen LogP) is 2.78. The maximum atomic E-state index is 13.5. The molecule has 0 aliphatic carbocycles. The van der Waals surface area contributed by atoms with Crippen LogP contribution in [0, 0.1) is 5.82 Å². The lowest BCUT2D eigenvalue weighted by Gasteiger charge is -2.14. The maximum absolute atomic E-state index is 13.5. The first-order valence-corrected chi connectivity index (χ1v) is 8.70. The molecule has 7 heteroatoms. The summed E-state index contributed by atoms with van der Waals surface area (Å²) in [7, 11) is 0. The van der Waals surface area contributed by atoms with E-state index in [1.54, 1.807) is 12.1 Å². The number of hydrogen-bond donors (Lipinski definition) is 2. The Morgan fingerprint density at radius 1 is 1.40 bits per heavy atom. The van der Waals surface area contributed by atoms with Crippen molar-refractivity contribution in [3.8, 4) is 5.69 Å². The molecule has 0 saturated carbocycles. The molecule has 1 atom stereocenters. The lowest BCUT2D eigenvalue weighted by molar-refractivity contribution is 0.0925.